The first-order valence-electron chi connectivity index (χ1n) is 2.95. The summed E-state index contributed by atoms with van der Waals surface area (Å²) in [6, 6.07) is 1.60. The minimum Gasteiger partial charge on any atom is -0.505 e. The van der Waals surface area contributed by atoms with Crippen molar-refractivity contribution in [2.75, 3.05) is 0 Å². The van der Waals surface area contributed by atoms with Gasteiger partial charge in [0.1, 0.15) is 5.82 Å². The SMILES string of the molecule is C=Cc1cc(F)c(O)cc1F. The van der Waals surface area contributed by atoms with E-state index in [0.717, 1.165) is 6.07 Å². The molecule has 11 heavy (non-hydrogen) atoms. The molecule has 1 rings (SSSR count). The molecular formula is C8H6F2O. The molecule has 0 heterocycles. The van der Waals surface area contributed by atoms with Crippen molar-refractivity contribution in [3.63, 3.8) is 0 Å². The average molecular weight is 156 g/mol. The molecule has 0 saturated heterocycles. The number of phenols is 1. The van der Waals surface area contributed by atoms with E-state index in [0.29, 0.717) is 6.07 Å². The van der Waals surface area contributed by atoms with Crippen LogP contribution in [0.4, 0.5) is 8.78 Å². The number of hydrogen-bond donors (Lipinski definition) is 1. The topological polar surface area (TPSA) is 20.2 Å². The maximum absolute atomic E-state index is 12.6. The van der Waals surface area contributed by atoms with Crippen LogP contribution in [0, 0.1) is 11.6 Å². The van der Waals surface area contributed by atoms with E-state index in [9.17, 15) is 8.78 Å². The van der Waals surface area contributed by atoms with Gasteiger partial charge in [0.25, 0.3) is 0 Å². The van der Waals surface area contributed by atoms with Gasteiger partial charge in [-0.05, 0) is 6.07 Å². The molecule has 1 aromatic rings. The molecule has 0 aliphatic rings. The van der Waals surface area contributed by atoms with E-state index in [1.165, 1.54) is 6.08 Å². The molecule has 0 unspecified atom stereocenters. The lowest BCUT2D eigenvalue weighted by Gasteiger charge is -1.98. The fourth-order valence-electron chi connectivity index (χ4n) is 0.708. The van der Waals surface area contributed by atoms with Gasteiger partial charge in [0.2, 0.25) is 0 Å². The minimum atomic E-state index is -0.846. The van der Waals surface area contributed by atoms with E-state index in [1.807, 2.05) is 0 Å². The predicted molar refractivity (Wildman–Crippen MR) is 38.1 cm³/mol. The van der Waals surface area contributed by atoms with Crippen LogP contribution in [0.15, 0.2) is 18.7 Å². The summed E-state index contributed by atoms with van der Waals surface area (Å²) in [6.45, 7) is 3.27. The predicted octanol–water partition coefficient (Wildman–Crippen LogP) is 2.31. The van der Waals surface area contributed by atoms with Crippen molar-refractivity contribution in [3.05, 3.63) is 35.9 Å². The van der Waals surface area contributed by atoms with Gasteiger partial charge >= 0.3 is 0 Å². The van der Waals surface area contributed by atoms with Crippen LogP contribution in [0.25, 0.3) is 6.08 Å². The van der Waals surface area contributed by atoms with Crippen molar-refractivity contribution in [1.82, 2.24) is 0 Å². The summed E-state index contributed by atoms with van der Waals surface area (Å²) in [5.74, 6) is -2.21. The summed E-state index contributed by atoms with van der Waals surface area (Å²) >= 11 is 0. The highest BCUT2D eigenvalue weighted by atomic mass is 19.1. The lowest BCUT2D eigenvalue weighted by molar-refractivity contribution is 0.426. The molecule has 1 aromatic carbocycles. The molecule has 0 amide bonds. The molecule has 58 valence electrons. The van der Waals surface area contributed by atoms with Crippen molar-refractivity contribution >= 4 is 6.08 Å². The van der Waals surface area contributed by atoms with Crippen LogP contribution >= 0.6 is 0 Å². The van der Waals surface area contributed by atoms with Crippen LogP contribution in [0.1, 0.15) is 5.56 Å². The Morgan fingerprint density at radius 1 is 1.27 bits per heavy atom. The zero-order chi connectivity index (χ0) is 8.43. The molecule has 0 radical (unpaired) electrons. The average Bonchev–Trinajstić information content (AvgIpc) is 1.97. The second kappa shape index (κ2) is 2.70. The molecule has 0 aliphatic carbocycles. The van der Waals surface area contributed by atoms with Crippen LogP contribution in [0.5, 0.6) is 5.75 Å². The van der Waals surface area contributed by atoms with Crippen molar-refractivity contribution in [2.24, 2.45) is 0 Å². The Balaban J connectivity index is 3.31. The van der Waals surface area contributed by atoms with E-state index in [4.69, 9.17) is 5.11 Å². The monoisotopic (exact) mass is 156 g/mol. The maximum Gasteiger partial charge on any atom is 0.165 e. The Labute approximate surface area is 62.6 Å². The van der Waals surface area contributed by atoms with Gasteiger partial charge in [-0.3, -0.25) is 0 Å². The van der Waals surface area contributed by atoms with Crippen molar-refractivity contribution in [2.45, 2.75) is 0 Å². The summed E-state index contributed by atoms with van der Waals surface area (Å²) < 4.78 is 25.1. The minimum absolute atomic E-state index is 0.0419. The van der Waals surface area contributed by atoms with E-state index in [-0.39, 0.29) is 5.56 Å². The molecule has 0 bridgehead atoms. The third kappa shape index (κ3) is 1.37. The lowest BCUT2D eigenvalue weighted by atomic mass is 10.2. The summed E-state index contributed by atoms with van der Waals surface area (Å²) in [5.41, 5.74) is 0.0419. The smallest absolute Gasteiger partial charge is 0.165 e. The van der Waals surface area contributed by atoms with E-state index >= 15 is 0 Å². The zero-order valence-electron chi connectivity index (χ0n) is 5.64. The second-order valence-corrected chi connectivity index (χ2v) is 2.03. The Hall–Kier alpha value is -1.38. The first-order chi connectivity index (χ1) is 5.15. The van der Waals surface area contributed by atoms with Gasteiger partial charge in [0, 0.05) is 11.6 Å². The van der Waals surface area contributed by atoms with Gasteiger partial charge in [0.05, 0.1) is 0 Å². The van der Waals surface area contributed by atoms with Crippen LogP contribution in [0.3, 0.4) is 0 Å². The maximum atomic E-state index is 12.6. The number of benzene rings is 1. The number of phenolic OH excluding ortho intramolecular Hbond substituents is 1. The van der Waals surface area contributed by atoms with Gasteiger partial charge in [-0.1, -0.05) is 12.7 Å². The summed E-state index contributed by atoms with van der Waals surface area (Å²) in [6.07, 6.45) is 1.18. The third-order valence-electron chi connectivity index (χ3n) is 1.29. The van der Waals surface area contributed by atoms with Crippen molar-refractivity contribution < 1.29 is 13.9 Å². The Bertz CT molecular complexity index is 294. The number of halogens is 2. The molecule has 1 N–H and O–H groups in total. The van der Waals surface area contributed by atoms with Crippen molar-refractivity contribution in [3.8, 4) is 5.75 Å². The molecule has 3 heteroatoms. The van der Waals surface area contributed by atoms with Gasteiger partial charge < -0.3 is 5.11 Å². The molecule has 0 atom stereocenters. The quantitative estimate of drug-likeness (QED) is 0.661. The third-order valence-corrected chi connectivity index (χ3v) is 1.29. The molecule has 0 spiro atoms. The Kier molecular flexibility index (Phi) is 1.89. The van der Waals surface area contributed by atoms with E-state index in [1.54, 1.807) is 0 Å². The van der Waals surface area contributed by atoms with E-state index in [2.05, 4.69) is 6.58 Å². The summed E-state index contributed by atoms with van der Waals surface area (Å²) in [4.78, 5) is 0. The molecular weight excluding hydrogens is 150 g/mol. The van der Waals surface area contributed by atoms with Gasteiger partial charge in [-0.2, -0.15) is 0 Å². The largest absolute Gasteiger partial charge is 0.505 e. The molecule has 0 aliphatic heterocycles. The first-order valence-corrected chi connectivity index (χ1v) is 2.95. The summed E-state index contributed by atoms with van der Waals surface area (Å²) in [7, 11) is 0. The number of hydrogen-bond acceptors (Lipinski definition) is 1. The highest BCUT2D eigenvalue weighted by Gasteiger charge is 2.05. The first kappa shape index (κ1) is 7.72. The fraction of sp³-hybridized carbons (Fsp3) is 0. The van der Waals surface area contributed by atoms with Crippen molar-refractivity contribution in [1.29, 1.82) is 0 Å². The Morgan fingerprint density at radius 3 is 2.45 bits per heavy atom. The van der Waals surface area contributed by atoms with Crippen LogP contribution in [0.2, 0.25) is 0 Å². The second-order valence-electron chi connectivity index (χ2n) is 2.03. The van der Waals surface area contributed by atoms with Gasteiger partial charge in [-0.25, -0.2) is 8.78 Å². The highest BCUT2D eigenvalue weighted by molar-refractivity contribution is 5.49. The van der Waals surface area contributed by atoms with Gasteiger partial charge in [-0.15, -0.1) is 0 Å². The zero-order valence-corrected chi connectivity index (χ0v) is 5.64. The van der Waals surface area contributed by atoms with Gasteiger partial charge in [0.15, 0.2) is 11.6 Å². The standard InChI is InChI=1S/C8H6F2O/c1-2-5-3-7(10)8(11)4-6(5)9/h2-4,11H,1H2. The lowest BCUT2D eigenvalue weighted by Crippen LogP contribution is -1.84. The molecule has 0 aromatic heterocycles. The summed E-state index contributed by atoms with van der Waals surface area (Å²) in [5, 5.41) is 8.67. The molecule has 0 saturated carbocycles. The van der Waals surface area contributed by atoms with Crippen LogP contribution < -0.4 is 0 Å². The molecule has 1 nitrogen and oxygen atoms in total. The number of aromatic hydroxyl groups is 1. The Morgan fingerprint density at radius 2 is 1.91 bits per heavy atom. The van der Waals surface area contributed by atoms with E-state index < -0.39 is 17.4 Å². The van der Waals surface area contributed by atoms with Crippen LogP contribution in [-0.4, -0.2) is 5.11 Å². The molecule has 0 fully saturated rings. The normalized spacial score (nSPS) is 9.64. The van der Waals surface area contributed by atoms with Crippen LogP contribution in [-0.2, 0) is 0 Å². The number of rotatable bonds is 1. The highest BCUT2D eigenvalue weighted by Crippen LogP contribution is 2.20. The fourth-order valence-corrected chi connectivity index (χ4v) is 0.708.